The minimum absolute atomic E-state index is 0.0379. The van der Waals surface area contributed by atoms with Crippen LogP contribution in [0.25, 0.3) is 11.3 Å². The molecule has 3 rings (SSSR count). The third-order valence-corrected chi connectivity index (χ3v) is 5.40. The second-order valence-electron chi connectivity index (χ2n) is 7.31. The fraction of sp³-hybridized carbons (Fsp3) is 0.261. The van der Waals surface area contributed by atoms with E-state index in [2.05, 4.69) is 10.3 Å². The third-order valence-electron chi connectivity index (χ3n) is 4.85. The van der Waals surface area contributed by atoms with E-state index < -0.39 is 0 Å². The van der Waals surface area contributed by atoms with Crippen molar-refractivity contribution in [2.45, 2.75) is 26.7 Å². The molecule has 1 aromatic heterocycles. The summed E-state index contributed by atoms with van der Waals surface area (Å²) < 4.78 is 5.72. The number of hydrogen-bond acceptors (Lipinski definition) is 4. The van der Waals surface area contributed by atoms with Gasteiger partial charge in [-0.15, -0.1) is 0 Å². The van der Waals surface area contributed by atoms with Gasteiger partial charge in [-0.05, 0) is 43.2 Å². The zero-order valence-corrected chi connectivity index (χ0v) is 19.0. The van der Waals surface area contributed by atoms with Crippen molar-refractivity contribution >= 4 is 40.7 Å². The molecule has 0 atom stereocenters. The van der Waals surface area contributed by atoms with Crippen molar-refractivity contribution in [1.82, 2.24) is 9.88 Å². The Hall–Kier alpha value is -2.83. The second kappa shape index (κ2) is 9.98. The maximum Gasteiger partial charge on any atom is 0.243 e. The number of nitrogens with one attached hydrogen (secondary N) is 1. The predicted molar refractivity (Wildman–Crippen MR) is 122 cm³/mol. The number of oxazole rings is 1. The van der Waals surface area contributed by atoms with Gasteiger partial charge in [0.15, 0.2) is 11.7 Å². The van der Waals surface area contributed by atoms with Gasteiger partial charge in [-0.25, -0.2) is 4.98 Å². The lowest BCUT2D eigenvalue weighted by atomic mass is 10.1. The number of para-hydroxylation sites is 1. The largest absolute Gasteiger partial charge is 0.441 e. The molecule has 0 unspecified atom stereocenters. The molecule has 0 aliphatic carbocycles. The van der Waals surface area contributed by atoms with Gasteiger partial charge >= 0.3 is 0 Å². The number of amides is 2. The van der Waals surface area contributed by atoms with E-state index in [1.165, 1.54) is 4.90 Å². The number of carbonyl (C=O) groups excluding carboxylic acids is 2. The smallest absolute Gasteiger partial charge is 0.243 e. The van der Waals surface area contributed by atoms with Gasteiger partial charge in [0, 0.05) is 36.2 Å². The summed E-state index contributed by atoms with van der Waals surface area (Å²) in [5.41, 5.74) is 3.41. The molecule has 2 amide bonds. The van der Waals surface area contributed by atoms with Gasteiger partial charge in [-0.2, -0.15) is 0 Å². The highest BCUT2D eigenvalue weighted by Gasteiger charge is 2.16. The van der Waals surface area contributed by atoms with Crippen LogP contribution in [0.1, 0.15) is 23.4 Å². The first-order valence-corrected chi connectivity index (χ1v) is 10.5. The second-order valence-corrected chi connectivity index (χ2v) is 8.15. The quantitative estimate of drug-likeness (QED) is 0.520. The Kier molecular flexibility index (Phi) is 7.36. The van der Waals surface area contributed by atoms with E-state index in [9.17, 15) is 9.59 Å². The van der Waals surface area contributed by atoms with E-state index in [0.717, 1.165) is 16.8 Å². The zero-order chi connectivity index (χ0) is 22.5. The summed E-state index contributed by atoms with van der Waals surface area (Å²) in [6.07, 6.45) is 2.05. The first kappa shape index (κ1) is 22.8. The van der Waals surface area contributed by atoms with Crippen molar-refractivity contribution < 1.29 is 14.0 Å². The monoisotopic (exact) mass is 459 g/mol. The summed E-state index contributed by atoms with van der Waals surface area (Å²) in [6, 6.07) is 10.9. The van der Waals surface area contributed by atoms with Gasteiger partial charge in [0.05, 0.1) is 17.8 Å². The molecular formula is C23H23Cl2N3O3. The molecule has 31 heavy (non-hydrogen) atoms. The molecule has 8 heteroatoms. The highest BCUT2D eigenvalue weighted by atomic mass is 35.5. The Balaban J connectivity index is 1.53. The standard InChI is InChI=1S/C23H23Cl2N3O3/c1-14-5-4-6-15(2)23(14)27-20(29)13-28(3)22(30)10-9-21-26-12-19(31-21)17-8-7-16(24)11-18(17)25/h4-8,11-12H,9-10,13H2,1-3H3,(H,27,29). The minimum atomic E-state index is -0.246. The van der Waals surface area contributed by atoms with Crippen LogP contribution < -0.4 is 5.32 Å². The predicted octanol–water partition coefficient (Wildman–Crippen LogP) is 5.29. The van der Waals surface area contributed by atoms with Crippen molar-refractivity contribution in [3.63, 3.8) is 0 Å². The van der Waals surface area contributed by atoms with Crippen molar-refractivity contribution in [1.29, 1.82) is 0 Å². The first-order chi connectivity index (χ1) is 14.7. The van der Waals surface area contributed by atoms with Gasteiger partial charge in [-0.3, -0.25) is 9.59 Å². The van der Waals surface area contributed by atoms with Crippen LogP contribution in [0.4, 0.5) is 5.69 Å². The highest BCUT2D eigenvalue weighted by Crippen LogP contribution is 2.30. The Labute approximate surface area is 191 Å². The number of aryl methyl sites for hydroxylation is 3. The van der Waals surface area contributed by atoms with Crippen molar-refractivity contribution in [2.24, 2.45) is 0 Å². The number of nitrogens with zero attached hydrogens (tertiary/aromatic N) is 2. The molecular weight excluding hydrogens is 437 g/mol. The van der Waals surface area contributed by atoms with E-state index in [4.69, 9.17) is 27.6 Å². The number of rotatable bonds is 7. The number of hydrogen-bond donors (Lipinski definition) is 1. The SMILES string of the molecule is Cc1cccc(C)c1NC(=O)CN(C)C(=O)CCc1ncc(-c2ccc(Cl)cc2Cl)o1. The summed E-state index contributed by atoms with van der Waals surface area (Å²) in [5.74, 6) is 0.498. The van der Waals surface area contributed by atoms with Crippen LogP contribution in [-0.2, 0) is 16.0 Å². The molecule has 3 aromatic rings. The molecule has 1 heterocycles. The van der Waals surface area contributed by atoms with E-state index in [1.54, 1.807) is 31.4 Å². The molecule has 2 aromatic carbocycles. The molecule has 0 aliphatic rings. The number of anilines is 1. The summed E-state index contributed by atoms with van der Waals surface area (Å²) >= 11 is 12.1. The number of benzene rings is 2. The van der Waals surface area contributed by atoms with Crippen LogP contribution >= 0.6 is 23.2 Å². The number of likely N-dealkylation sites (N-methyl/N-ethyl adjacent to an activating group) is 1. The van der Waals surface area contributed by atoms with Crippen LogP contribution in [0, 0.1) is 13.8 Å². The molecule has 1 N–H and O–H groups in total. The topological polar surface area (TPSA) is 75.4 Å². The summed E-state index contributed by atoms with van der Waals surface area (Å²) in [7, 11) is 1.60. The molecule has 0 fully saturated rings. The zero-order valence-electron chi connectivity index (χ0n) is 17.5. The number of halogens is 2. The molecule has 0 bridgehead atoms. The molecule has 0 saturated carbocycles. The summed E-state index contributed by atoms with van der Waals surface area (Å²) in [4.78, 5) is 30.4. The molecule has 6 nitrogen and oxygen atoms in total. The fourth-order valence-corrected chi connectivity index (χ4v) is 3.64. The maximum atomic E-state index is 12.4. The van der Waals surface area contributed by atoms with E-state index in [1.807, 2.05) is 32.0 Å². The van der Waals surface area contributed by atoms with Crippen molar-refractivity contribution in [2.75, 3.05) is 18.9 Å². The first-order valence-electron chi connectivity index (χ1n) is 9.74. The number of carbonyl (C=O) groups is 2. The third kappa shape index (κ3) is 5.87. The van der Waals surface area contributed by atoms with Crippen LogP contribution in [0.15, 0.2) is 47.0 Å². The maximum absolute atomic E-state index is 12.4. The van der Waals surface area contributed by atoms with Crippen molar-refractivity contribution in [3.8, 4) is 11.3 Å². The molecule has 162 valence electrons. The van der Waals surface area contributed by atoms with Crippen LogP contribution in [0.3, 0.4) is 0 Å². The van der Waals surface area contributed by atoms with E-state index >= 15 is 0 Å². The summed E-state index contributed by atoms with van der Waals surface area (Å²) in [6.45, 7) is 3.82. The Morgan fingerprint density at radius 2 is 1.84 bits per heavy atom. The average molecular weight is 460 g/mol. The molecule has 0 radical (unpaired) electrons. The Morgan fingerprint density at radius 3 is 2.52 bits per heavy atom. The van der Waals surface area contributed by atoms with Crippen LogP contribution in [0.5, 0.6) is 0 Å². The summed E-state index contributed by atoms with van der Waals surface area (Å²) in [5, 5.41) is 3.87. The average Bonchev–Trinajstić information content (AvgIpc) is 3.17. The lowest BCUT2D eigenvalue weighted by Gasteiger charge is -2.18. The van der Waals surface area contributed by atoms with E-state index in [0.29, 0.717) is 33.7 Å². The molecule has 0 aliphatic heterocycles. The molecule has 0 saturated heterocycles. The molecule has 0 spiro atoms. The Morgan fingerprint density at radius 1 is 1.13 bits per heavy atom. The normalized spacial score (nSPS) is 10.7. The lowest BCUT2D eigenvalue weighted by molar-refractivity contribution is -0.133. The van der Waals surface area contributed by atoms with Gasteiger partial charge in [0.2, 0.25) is 11.8 Å². The lowest BCUT2D eigenvalue weighted by Crippen LogP contribution is -2.35. The van der Waals surface area contributed by atoms with Gasteiger partial charge in [-0.1, -0.05) is 41.4 Å². The van der Waals surface area contributed by atoms with Crippen LogP contribution in [0.2, 0.25) is 10.0 Å². The highest BCUT2D eigenvalue weighted by molar-refractivity contribution is 6.36. The van der Waals surface area contributed by atoms with Crippen LogP contribution in [-0.4, -0.2) is 35.3 Å². The van der Waals surface area contributed by atoms with Gasteiger partial charge in [0.25, 0.3) is 0 Å². The minimum Gasteiger partial charge on any atom is -0.441 e. The Bertz CT molecular complexity index is 1090. The fourth-order valence-electron chi connectivity index (χ4n) is 3.14. The van der Waals surface area contributed by atoms with Gasteiger partial charge < -0.3 is 14.6 Å². The van der Waals surface area contributed by atoms with Gasteiger partial charge in [0.1, 0.15) is 0 Å². The van der Waals surface area contributed by atoms with E-state index in [-0.39, 0.29) is 24.8 Å². The number of aromatic nitrogens is 1. The van der Waals surface area contributed by atoms with Crippen molar-refractivity contribution in [3.05, 3.63) is 69.7 Å².